The third-order valence-electron chi connectivity index (χ3n) is 1.91. The van der Waals surface area contributed by atoms with Gasteiger partial charge in [0.25, 0.3) is 0 Å². The van der Waals surface area contributed by atoms with E-state index in [4.69, 9.17) is 16.7 Å². The van der Waals surface area contributed by atoms with Gasteiger partial charge >= 0.3 is 6.03 Å². The Hall–Kier alpha value is -2.31. The first-order chi connectivity index (χ1) is 7.54. The largest absolute Gasteiger partial charge is 0.409 e. The van der Waals surface area contributed by atoms with Gasteiger partial charge in [0.2, 0.25) is 0 Å². The molecule has 0 saturated heterocycles. The van der Waals surface area contributed by atoms with Crippen LogP contribution in [0.2, 0.25) is 0 Å². The van der Waals surface area contributed by atoms with E-state index in [0.717, 1.165) is 6.07 Å². The first kappa shape index (κ1) is 11.8. The van der Waals surface area contributed by atoms with E-state index in [9.17, 15) is 9.18 Å². The molecule has 2 amide bonds. The van der Waals surface area contributed by atoms with Crippen LogP contribution >= 0.6 is 0 Å². The van der Waals surface area contributed by atoms with Crippen LogP contribution in [0.25, 0.3) is 0 Å². The van der Waals surface area contributed by atoms with E-state index in [1.165, 1.54) is 12.1 Å². The Kier molecular flexibility index (Phi) is 3.65. The summed E-state index contributed by atoms with van der Waals surface area (Å²) in [6.45, 7) is -0.0163. The molecule has 0 bridgehead atoms. The van der Waals surface area contributed by atoms with Crippen LogP contribution in [0.15, 0.2) is 23.4 Å². The Balaban J connectivity index is 2.87. The summed E-state index contributed by atoms with van der Waals surface area (Å²) >= 11 is 0. The SMILES string of the molecule is NC(=O)NCc1ccc(C(N)=NO)cc1F. The Bertz CT molecular complexity index is 434. The molecule has 0 radical (unpaired) electrons. The van der Waals surface area contributed by atoms with Crippen molar-refractivity contribution in [3.63, 3.8) is 0 Å². The van der Waals surface area contributed by atoms with Crippen LogP contribution in [0.4, 0.5) is 9.18 Å². The molecule has 0 aliphatic heterocycles. The van der Waals surface area contributed by atoms with Gasteiger partial charge in [0.15, 0.2) is 5.84 Å². The number of carbonyl (C=O) groups excluding carboxylic acids is 1. The molecule has 6 N–H and O–H groups in total. The van der Waals surface area contributed by atoms with Crippen molar-refractivity contribution in [2.75, 3.05) is 0 Å². The summed E-state index contributed by atoms with van der Waals surface area (Å²) in [6, 6.07) is 3.25. The Labute approximate surface area is 90.7 Å². The number of amides is 2. The fourth-order valence-electron chi connectivity index (χ4n) is 1.09. The molecule has 0 unspecified atom stereocenters. The van der Waals surface area contributed by atoms with Gasteiger partial charge in [-0.05, 0) is 6.07 Å². The number of nitrogens with zero attached hydrogens (tertiary/aromatic N) is 1. The first-order valence-electron chi connectivity index (χ1n) is 4.34. The highest BCUT2D eigenvalue weighted by atomic mass is 19.1. The predicted molar refractivity (Wildman–Crippen MR) is 55.3 cm³/mol. The van der Waals surface area contributed by atoms with Gasteiger partial charge in [-0.15, -0.1) is 0 Å². The van der Waals surface area contributed by atoms with Crippen molar-refractivity contribution in [3.8, 4) is 0 Å². The number of nitrogens with one attached hydrogen (secondary N) is 1. The first-order valence-corrected chi connectivity index (χ1v) is 4.34. The topological polar surface area (TPSA) is 114 Å². The van der Waals surface area contributed by atoms with E-state index < -0.39 is 11.8 Å². The molecule has 0 heterocycles. The van der Waals surface area contributed by atoms with Gasteiger partial charge in [0, 0.05) is 17.7 Å². The lowest BCUT2D eigenvalue weighted by Crippen LogP contribution is -2.29. The molecule has 0 aliphatic carbocycles. The van der Waals surface area contributed by atoms with E-state index in [-0.39, 0.29) is 23.5 Å². The van der Waals surface area contributed by atoms with Gasteiger partial charge in [-0.3, -0.25) is 0 Å². The maximum Gasteiger partial charge on any atom is 0.312 e. The molecule has 0 aliphatic rings. The number of benzene rings is 1. The van der Waals surface area contributed by atoms with Gasteiger partial charge in [-0.2, -0.15) is 0 Å². The smallest absolute Gasteiger partial charge is 0.312 e. The number of urea groups is 1. The van der Waals surface area contributed by atoms with Gasteiger partial charge in [-0.25, -0.2) is 9.18 Å². The number of primary amides is 1. The molecule has 0 atom stereocenters. The maximum atomic E-state index is 13.4. The van der Waals surface area contributed by atoms with Gasteiger partial charge in [0.1, 0.15) is 5.82 Å². The molecule has 0 aromatic heterocycles. The Morgan fingerprint density at radius 3 is 2.69 bits per heavy atom. The van der Waals surface area contributed by atoms with Crippen molar-refractivity contribution >= 4 is 11.9 Å². The molecule has 1 aromatic rings. The Morgan fingerprint density at radius 1 is 1.50 bits per heavy atom. The second-order valence-electron chi connectivity index (χ2n) is 3.01. The fraction of sp³-hybridized carbons (Fsp3) is 0.111. The lowest BCUT2D eigenvalue weighted by Gasteiger charge is -2.05. The van der Waals surface area contributed by atoms with Crippen molar-refractivity contribution in [3.05, 3.63) is 35.1 Å². The zero-order valence-corrected chi connectivity index (χ0v) is 8.27. The molecule has 7 heteroatoms. The van der Waals surface area contributed by atoms with E-state index >= 15 is 0 Å². The zero-order chi connectivity index (χ0) is 12.1. The van der Waals surface area contributed by atoms with Crippen molar-refractivity contribution in [2.24, 2.45) is 16.6 Å². The average Bonchev–Trinajstić information content (AvgIpc) is 2.26. The third-order valence-corrected chi connectivity index (χ3v) is 1.91. The highest BCUT2D eigenvalue weighted by molar-refractivity contribution is 5.97. The normalized spacial score (nSPS) is 11.2. The number of amidine groups is 1. The number of halogens is 1. The number of carbonyl (C=O) groups is 1. The van der Waals surface area contributed by atoms with Crippen LogP contribution in [0.1, 0.15) is 11.1 Å². The lowest BCUT2D eigenvalue weighted by molar-refractivity contribution is 0.248. The summed E-state index contributed by atoms with van der Waals surface area (Å²) in [6.07, 6.45) is 0. The molecule has 1 rings (SSSR count). The Morgan fingerprint density at radius 2 is 2.19 bits per heavy atom. The molecule has 16 heavy (non-hydrogen) atoms. The number of oxime groups is 1. The molecule has 1 aromatic carbocycles. The van der Waals surface area contributed by atoms with Gasteiger partial charge < -0.3 is 22.0 Å². The standard InChI is InChI=1S/C9H11FN4O2/c10-7-3-5(8(11)14-16)1-2-6(7)4-13-9(12)15/h1-3,16H,4H2,(H2,11,14)(H3,12,13,15). The van der Waals surface area contributed by atoms with Crippen LogP contribution in [-0.4, -0.2) is 17.1 Å². The number of hydrogen-bond donors (Lipinski definition) is 4. The molecular weight excluding hydrogens is 215 g/mol. The summed E-state index contributed by atoms with van der Waals surface area (Å²) in [5.41, 5.74) is 10.6. The number of nitrogens with two attached hydrogens (primary N) is 2. The lowest BCUT2D eigenvalue weighted by atomic mass is 10.1. The zero-order valence-electron chi connectivity index (χ0n) is 8.27. The minimum Gasteiger partial charge on any atom is -0.409 e. The monoisotopic (exact) mass is 226 g/mol. The number of rotatable bonds is 3. The number of hydrogen-bond acceptors (Lipinski definition) is 3. The summed E-state index contributed by atoms with van der Waals surface area (Å²) in [7, 11) is 0. The third kappa shape index (κ3) is 2.84. The van der Waals surface area contributed by atoms with E-state index in [2.05, 4.69) is 10.5 Å². The summed E-state index contributed by atoms with van der Waals surface area (Å²) in [5, 5.41) is 13.4. The van der Waals surface area contributed by atoms with Crippen LogP contribution in [0.5, 0.6) is 0 Å². The quantitative estimate of drug-likeness (QED) is 0.253. The van der Waals surface area contributed by atoms with Gasteiger partial charge in [-0.1, -0.05) is 17.3 Å². The average molecular weight is 226 g/mol. The van der Waals surface area contributed by atoms with Crippen molar-refractivity contribution < 1.29 is 14.4 Å². The van der Waals surface area contributed by atoms with Crippen molar-refractivity contribution in [1.29, 1.82) is 0 Å². The maximum absolute atomic E-state index is 13.4. The second-order valence-corrected chi connectivity index (χ2v) is 3.01. The summed E-state index contributed by atoms with van der Waals surface area (Å²) in [4.78, 5) is 10.4. The van der Waals surface area contributed by atoms with Crippen molar-refractivity contribution in [1.82, 2.24) is 5.32 Å². The molecule has 0 saturated carbocycles. The van der Waals surface area contributed by atoms with Crippen LogP contribution in [-0.2, 0) is 6.54 Å². The van der Waals surface area contributed by atoms with Gasteiger partial charge in [0.05, 0.1) is 0 Å². The molecule has 0 spiro atoms. The van der Waals surface area contributed by atoms with E-state index in [0.29, 0.717) is 0 Å². The van der Waals surface area contributed by atoms with E-state index in [1.54, 1.807) is 0 Å². The highest BCUT2D eigenvalue weighted by Gasteiger charge is 2.06. The van der Waals surface area contributed by atoms with Crippen molar-refractivity contribution in [2.45, 2.75) is 6.54 Å². The fourth-order valence-corrected chi connectivity index (χ4v) is 1.09. The van der Waals surface area contributed by atoms with Crippen LogP contribution in [0.3, 0.4) is 0 Å². The highest BCUT2D eigenvalue weighted by Crippen LogP contribution is 2.10. The molecule has 6 nitrogen and oxygen atoms in total. The van der Waals surface area contributed by atoms with E-state index in [1.807, 2.05) is 0 Å². The van der Waals surface area contributed by atoms with Crippen LogP contribution in [0, 0.1) is 5.82 Å². The predicted octanol–water partition coefficient (Wildman–Crippen LogP) is 0.0885. The summed E-state index contributed by atoms with van der Waals surface area (Å²) < 4.78 is 13.4. The van der Waals surface area contributed by atoms with Crippen LogP contribution < -0.4 is 16.8 Å². The minimum absolute atomic E-state index is 0.0163. The molecular formula is C9H11FN4O2. The second kappa shape index (κ2) is 4.96. The minimum atomic E-state index is -0.736. The summed E-state index contributed by atoms with van der Waals surface area (Å²) in [5.74, 6) is -0.758. The molecule has 86 valence electrons. The molecule has 0 fully saturated rings.